The second kappa shape index (κ2) is 6.55. The van der Waals surface area contributed by atoms with Crippen molar-refractivity contribution in [2.75, 3.05) is 0 Å². The number of fused-ring (bicyclic) bond motifs is 1. The lowest BCUT2D eigenvalue weighted by molar-refractivity contribution is 0.603. The summed E-state index contributed by atoms with van der Waals surface area (Å²) in [7, 11) is -0.425. The molecule has 0 bridgehead atoms. The Morgan fingerprint density at radius 3 is 1.50 bits per heavy atom. The van der Waals surface area contributed by atoms with Gasteiger partial charge in [0.15, 0.2) is 0 Å². The summed E-state index contributed by atoms with van der Waals surface area (Å²) in [5, 5.41) is 2.90. The molecule has 2 saturated carbocycles. The van der Waals surface area contributed by atoms with E-state index in [2.05, 4.69) is 73.5 Å². The molecular formula is C21H20P. The lowest BCUT2D eigenvalue weighted by Crippen LogP contribution is -2.16. The molecule has 0 atom stereocenters. The molecule has 0 heterocycles. The van der Waals surface area contributed by atoms with E-state index in [0.29, 0.717) is 0 Å². The second-order valence-electron chi connectivity index (χ2n) is 5.98. The third-order valence-corrected chi connectivity index (χ3v) is 6.89. The molecule has 2 aromatic carbocycles. The van der Waals surface area contributed by atoms with Crippen LogP contribution >= 0.6 is 7.92 Å². The molecule has 2 fully saturated rings. The van der Waals surface area contributed by atoms with Crippen LogP contribution in [0.4, 0.5) is 0 Å². The van der Waals surface area contributed by atoms with E-state index in [4.69, 9.17) is 0 Å². The van der Waals surface area contributed by atoms with Crippen LogP contribution in [0.2, 0.25) is 0 Å². The van der Waals surface area contributed by atoms with Gasteiger partial charge < -0.3 is 0 Å². The van der Waals surface area contributed by atoms with Gasteiger partial charge >= 0.3 is 0 Å². The Bertz CT molecular complexity index is 538. The van der Waals surface area contributed by atoms with Crippen molar-refractivity contribution in [3.8, 4) is 0 Å². The van der Waals surface area contributed by atoms with Crippen LogP contribution in [0.15, 0.2) is 60.7 Å². The quantitative estimate of drug-likeness (QED) is 0.715. The molecule has 2 aliphatic carbocycles. The van der Waals surface area contributed by atoms with Gasteiger partial charge in [-0.1, -0.05) is 73.5 Å². The van der Waals surface area contributed by atoms with Gasteiger partial charge in [0.05, 0.1) is 0 Å². The van der Waals surface area contributed by atoms with E-state index in [1.54, 1.807) is 11.8 Å². The van der Waals surface area contributed by atoms with Crippen LogP contribution in [0.3, 0.4) is 0 Å². The van der Waals surface area contributed by atoms with Gasteiger partial charge in [0.2, 0.25) is 0 Å². The molecule has 109 valence electrons. The van der Waals surface area contributed by atoms with Crippen LogP contribution in [-0.4, -0.2) is 0 Å². The maximum atomic E-state index is 2.49. The molecule has 0 spiro atoms. The highest BCUT2D eigenvalue weighted by Crippen LogP contribution is 2.59. The molecule has 22 heavy (non-hydrogen) atoms. The fraction of sp³-hybridized carbons (Fsp3) is 0.190. The third-order valence-electron chi connectivity index (χ3n) is 4.49. The number of hydrogen-bond donors (Lipinski definition) is 0. The molecule has 0 aromatic heterocycles. The normalized spacial score (nSPS) is 20.4. The summed E-state index contributed by atoms with van der Waals surface area (Å²) >= 11 is 0. The Morgan fingerprint density at radius 2 is 1.05 bits per heavy atom. The van der Waals surface area contributed by atoms with E-state index in [1.807, 2.05) is 0 Å². The highest BCUT2D eigenvalue weighted by Gasteiger charge is 2.41. The zero-order valence-electron chi connectivity index (χ0n) is 12.7. The predicted molar refractivity (Wildman–Crippen MR) is 95.9 cm³/mol. The third kappa shape index (κ3) is 2.86. The van der Waals surface area contributed by atoms with Gasteiger partial charge in [-0.05, 0) is 56.0 Å². The van der Waals surface area contributed by atoms with Crippen molar-refractivity contribution in [2.45, 2.75) is 25.7 Å². The maximum Gasteiger partial charge on any atom is 0.0167 e. The largest absolute Gasteiger partial charge is 0.0622 e. The summed E-state index contributed by atoms with van der Waals surface area (Å²) in [4.78, 5) is 0. The lowest BCUT2D eigenvalue weighted by atomic mass is 9.82. The van der Waals surface area contributed by atoms with Gasteiger partial charge in [-0.3, -0.25) is 0 Å². The summed E-state index contributed by atoms with van der Waals surface area (Å²) in [6.45, 7) is 0. The van der Waals surface area contributed by atoms with E-state index in [0.717, 1.165) is 0 Å². The molecule has 4 rings (SSSR count). The van der Waals surface area contributed by atoms with E-state index < -0.39 is 7.92 Å². The van der Waals surface area contributed by atoms with Crippen LogP contribution in [0.5, 0.6) is 0 Å². The van der Waals surface area contributed by atoms with Crippen molar-refractivity contribution in [1.82, 2.24) is 0 Å². The van der Waals surface area contributed by atoms with Crippen molar-refractivity contribution in [3.05, 3.63) is 91.0 Å². The Labute approximate surface area is 135 Å². The van der Waals surface area contributed by atoms with Gasteiger partial charge in [-0.25, -0.2) is 0 Å². The average Bonchev–Trinajstić information content (AvgIpc) is 3.00. The van der Waals surface area contributed by atoms with Crippen molar-refractivity contribution in [1.29, 1.82) is 0 Å². The summed E-state index contributed by atoms with van der Waals surface area (Å²) in [5.41, 5.74) is 1.53. The van der Waals surface area contributed by atoms with Gasteiger partial charge in [-0.2, -0.15) is 0 Å². The standard InChI is InChI=1S/C21H20P/c1-3-11-19(12-4-1)22(20-13-5-2-6-14-20)21-15-17-9-7-8-10-18(17)16-21/h1-6,11-16H,7-10H2. The molecule has 0 N–H and O–H groups in total. The molecule has 5 radical (unpaired) electrons. The molecule has 0 unspecified atom stereocenters. The number of rotatable bonds is 3. The first-order chi connectivity index (χ1) is 10.9. The molecule has 0 saturated heterocycles. The summed E-state index contributed by atoms with van der Waals surface area (Å²) < 4.78 is 0. The Morgan fingerprint density at radius 1 is 0.591 bits per heavy atom. The minimum Gasteiger partial charge on any atom is -0.0622 e. The van der Waals surface area contributed by atoms with Crippen LogP contribution in [-0.2, 0) is 0 Å². The van der Waals surface area contributed by atoms with Gasteiger partial charge in [0.25, 0.3) is 0 Å². The fourth-order valence-electron chi connectivity index (χ4n) is 3.41. The van der Waals surface area contributed by atoms with E-state index in [-0.39, 0.29) is 0 Å². The first kappa shape index (κ1) is 14.5. The zero-order valence-corrected chi connectivity index (χ0v) is 13.6. The van der Waals surface area contributed by atoms with Crippen LogP contribution in [0.1, 0.15) is 25.7 Å². The average molecular weight is 303 g/mol. The highest BCUT2D eigenvalue weighted by molar-refractivity contribution is 7.76. The van der Waals surface area contributed by atoms with Crippen molar-refractivity contribution >= 4 is 18.5 Å². The SMILES string of the molecule is [CH]1[C]2CCCC[C]2[CH][C]1P(c1ccccc1)c1ccccc1. The Balaban J connectivity index is 1.66. The molecule has 0 aliphatic heterocycles. The summed E-state index contributed by atoms with van der Waals surface area (Å²) in [6.07, 6.45) is 10.2. The minimum absolute atomic E-state index is 0.425. The molecule has 0 amide bonds. The topological polar surface area (TPSA) is 0 Å². The van der Waals surface area contributed by atoms with Crippen molar-refractivity contribution < 1.29 is 0 Å². The first-order valence-electron chi connectivity index (χ1n) is 8.10. The molecule has 2 aromatic rings. The predicted octanol–water partition coefficient (Wildman–Crippen LogP) is 4.80. The number of hydrogen-bond acceptors (Lipinski definition) is 0. The van der Waals surface area contributed by atoms with Gasteiger partial charge in [-0.15, -0.1) is 0 Å². The smallest absolute Gasteiger partial charge is 0.0167 e. The molecular weight excluding hydrogens is 283 g/mol. The monoisotopic (exact) mass is 303 g/mol. The number of benzene rings is 2. The van der Waals surface area contributed by atoms with E-state index in [9.17, 15) is 0 Å². The highest BCUT2D eigenvalue weighted by atomic mass is 31.1. The van der Waals surface area contributed by atoms with Crippen LogP contribution in [0, 0.1) is 30.3 Å². The summed E-state index contributed by atoms with van der Waals surface area (Å²) in [6, 6.07) is 22.0. The van der Waals surface area contributed by atoms with Crippen LogP contribution in [0.25, 0.3) is 0 Å². The molecule has 0 nitrogen and oxygen atoms in total. The first-order valence-corrected chi connectivity index (χ1v) is 9.45. The van der Waals surface area contributed by atoms with Crippen molar-refractivity contribution in [2.24, 2.45) is 0 Å². The molecule has 2 aliphatic rings. The Kier molecular flexibility index (Phi) is 4.30. The zero-order chi connectivity index (χ0) is 14.8. The van der Waals surface area contributed by atoms with Gasteiger partial charge in [0.1, 0.15) is 0 Å². The summed E-state index contributed by atoms with van der Waals surface area (Å²) in [5.74, 6) is 3.20. The second-order valence-corrected chi connectivity index (χ2v) is 8.20. The molecule has 1 heteroatoms. The van der Waals surface area contributed by atoms with Crippen LogP contribution < -0.4 is 10.6 Å². The maximum absolute atomic E-state index is 2.49. The van der Waals surface area contributed by atoms with E-state index in [1.165, 1.54) is 42.0 Å². The van der Waals surface area contributed by atoms with E-state index >= 15 is 0 Å². The lowest BCUT2D eigenvalue weighted by Gasteiger charge is -2.24. The Hall–Kier alpha value is -1.13. The fourth-order valence-corrected chi connectivity index (χ4v) is 5.82. The van der Waals surface area contributed by atoms with Crippen molar-refractivity contribution in [3.63, 3.8) is 0 Å². The minimum atomic E-state index is -0.425. The van der Waals surface area contributed by atoms with Gasteiger partial charge in [0, 0.05) is 5.66 Å².